The van der Waals surface area contributed by atoms with Crippen molar-refractivity contribution in [3.05, 3.63) is 58.9 Å². The summed E-state index contributed by atoms with van der Waals surface area (Å²) < 4.78 is 0. The van der Waals surface area contributed by atoms with E-state index in [1.165, 1.54) is 22.7 Å². The van der Waals surface area contributed by atoms with Gasteiger partial charge >= 0.3 is 0 Å². The zero-order valence-corrected chi connectivity index (χ0v) is 14.0. The van der Waals surface area contributed by atoms with Crippen molar-refractivity contribution in [2.24, 2.45) is 0 Å². The summed E-state index contributed by atoms with van der Waals surface area (Å²) in [6, 6.07) is 13.5. The molecule has 4 rings (SSSR count). The van der Waals surface area contributed by atoms with Gasteiger partial charge in [-0.15, -0.1) is 22.7 Å². The van der Waals surface area contributed by atoms with Crippen LogP contribution < -0.4 is 11.1 Å². The van der Waals surface area contributed by atoms with E-state index in [4.69, 9.17) is 5.73 Å². The van der Waals surface area contributed by atoms with Crippen molar-refractivity contribution >= 4 is 49.6 Å². The number of carbonyl (C=O) groups excluding carboxylic acids is 1. The lowest BCUT2D eigenvalue weighted by Gasteiger charge is -2.00. The third kappa shape index (κ3) is 2.64. The van der Waals surface area contributed by atoms with Gasteiger partial charge in [0.1, 0.15) is 9.71 Å². The lowest BCUT2D eigenvalue weighted by molar-refractivity contribution is 0.103. The fraction of sp³-hybridized carbons (Fsp3) is 0. The fourth-order valence-corrected chi connectivity index (χ4v) is 4.02. The maximum atomic E-state index is 12.5. The van der Waals surface area contributed by atoms with Crippen LogP contribution in [0.15, 0.2) is 54.0 Å². The van der Waals surface area contributed by atoms with Gasteiger partial charge in [-0.25, -0.2) is 9.97 Å². The zero-order chi connectivity index (χ0) is 16.5. The van der Waals surface area contributed by atoms with Gasteiger partial charge in [0.05, 0.1) is 11.4 Å². The number of thiazole rings is 1. The number of nitrogens with zero attached hydrogens (tertiary/aromatic N) is 2. The fourth-order valence-electron chi connectivity index (χ4n) is 2.35. The van der Waals surface area contributed by atoms with Gasteiger partial charge in [0, 0.05) is 22.5 Å². The molecule has 3 aromatic heterocycles. The second-order valence-electron chi connectivity index (χ2n) is 5.06. The number of amides is 1. The molecule has 0 unspecified atom stereocenters. The summed E-state index contributed by atoms with van der Waals surface area (Å²) in [4.78, 5) is 22.4. The molecule has 3 N–H and O–H groups in total. The van der Waals surface area contributed by atoms with E-state index < -0.39 is 0 Å². The van der Waals surface area contributed by atoms with Gasteiger partial charge in [0.2, 0.25) is 0 Å². The number of thiophene rings is 1. The number of hydrogen-bond donors (Lipinski definition) is 2. The van der Waals surface area contributed by atoms with E-state index in [-0.39, 0.29) is 5.91 Å². The highest BCUT2D eigenvalue weighted by molar-refractivity contribution is 7.21. The van der Waals surface area contributed by atoms with Gasteiger partial charge in [-0.2, -0.15) is 0 Å². The van der Waals surface area contributed by atoms with Crippen LogP contribution in [0.5, 0.6) is 0 Å². The third-order valence-corrected chi connectivity index (χ3v) is 5.39. The van der Waals surface area contributed by atoms with Crippen LogP contribution in [0, 0.1) is 0 Å². The van der Waals surface area contributed by atoms with Gasteiger partial charge in [-0.3, -0.25) is 10.1 Å². The molecular formula is C17H12N4OS2. The maximum absolute atomic E-state index is 12.5. The molecule has 0 bridgehead atoms. The number of anilines is 2. The van der Waals surface area contributed by atoms with Gasteiger partial charge in [0.15, 0.2) is 5.13 Å². The first-order valence-corrected chi connectivity index (χ1v) is 8.87. The zero-order valence-electron chi connectivity index (χ0n) is 12.4. The van der Waals surface area contributed by atoms with Gasteiger partial charge in [-0.1, -0.05) is 30.3 Å². The lowest BCUT2D eigenvalue weighted by Crippen LogP contribution is -2.11. The molecule has 0 spiro atoms. The lowest BCUT2D eigenvalue weighted by atomic mass is 10.2. The molecule has 0 radical (unpaired) electrons. The molecule has 5 nitrogen and oxygen atoms in total. The van der Waals surface area contributed by atoms with E-state index in [0.717, 1.165) is 21.5 Å². The predicted molar refractivity (Wildman–Crippen MR) is 99.5 cm³/mol. The van der Waals surface area contributed by atoms with Crippen LogP contribution in [0.3, 0.4) is 0 Å². The number of nitrogen functional groups attached to an aromatic ring is 1. The molecule has 0 atom stereocenters. The van der Waals surface area contributed by atoms with Crippen LogP contribution in [-0.2, 0) is 0 Å². The summed E-state index contributed by atoms with van der Waals surface area (Å²) in [5.74, 6) is -0.260. The smallest absolute Gasteiger partial charge is 0.269 e. The molecule has 24 heavy (non-hydrogen) atoms. The average molecular weight is 352 g/mol. The summed E-state index contributed by atoms with van der Waals surface area (Å²) in [7, 11) is 0. The van der Waals surface area contributed by atoms with Crippen molar-refractivity contribution in [2.45, 2.75) is 0 Å². The van der Waals surface area contributed by atoms with E-state index in [1.807, 2.05) is 41.8 Å². The molecule has 118 valence electrons. The monoisotopic (exact) mass is 352 g/mol. The quantitative estimate of drug-likeness (QED) is 0.577. The Hall–Kier alpha value is -2.77. The Kier molecular flexibility index (Phi) is 3.72. The molecule has 1 aromatic carbocycles. The van der Waals surface area contributed by atoms with Crippen LogP contribution in [0.2, 0.25) is 0 Å². The van der Waals surface area contributed by atoms with Crippen molar-refractivity contribution in [1.29, 1.82) is 0 Å². The number of aromatic nitrogens is 2. The van der Waals surface area contributed by atoms with Gasteiger partial charge in [-0.05, 0) is 12.1 Å². The van der Waals surface area contributed by atoms with Crippen molar-refractivity contribution in [1.82, 2.24) is 9.97 Å². The Morgan fingerprint density at radius 1 is 1.12 bits per heavy atom. The minimum Gasteiger partial charge on any atom is -0.397 e. The summed E-state index contributed by atoms with van der Waals surface area (Å²) >= 11 is 2.67. The summed E-state index contributed by atoms with van der Waals surface area (Å²) in [6.45, 7) is 0. The van der Waals surface area contributed by atoms with Crippen molar-refractivity contribution < 1.29 is 4.79 Å². The van der Waals surface area contributed by atoms with Crippen LogP contribution in [0.1, 0.15) is 9.67 Å². The minimum absolute atomic E-state index is 0.260. The van der Waals surface area contributed by atoms with Crippen molar-refractivity contribution in [3.63, 3.8) is 0 Å². The third-order valence-electron chi connectivity index (χ3n) is 3.51. The number of benzene rings is 1. The SMILES string of the molecule is Nc1c(C(=O)Nc2nc(-c3ccccc3)cs2)sc2ncccc12. The molecular weight excluding hydrogens is 340 g/mol. The number of rotatable bonds is 3. The Balaban J connectivity index is 1.60. The Bertz CT molecular complexity index is 1020. The normalized spacial score (nSPS) is 10.8. The van der Waals surface area contributed by atoms with E-state index >= 15 is 0 Å². The molecule has 0 aliphatic heterocycles. The number of carbonyl (C=O) groups is 1. The van der Waals surface area contributed by atoms with Crippen LogP contribution in [0.4, 0.5) is 10.8 Å². The van der Waals surface area contributed by atoms with Gasteiger partial charge < -0.3 is 5.73 Å². The van der Waals surface area contributed by atoms with Crippen LogP contribution in [-0.4, -0.2) is 15.9 Å². The number of hydrogen-bond acceptors (Lipinski definition) is 6. The standard InChI is InChI=1S/C17H12N4OS2/c18-13-11-7-4-8-19-16(11)24-14(13)15(22)21-17-20-12(9-23-17)10-5-2-1-3-6-10/h1-9H,18H2,(H,20,21,22). The van der Waals surface area contributed by atoms with Crippen molar-refractivity contribution in [2.75, 3.05) is 11.1 Å². The first-order chi connectivity index (χ1) is 11.7. The predicted octanol–water partition coefficient (Wildman–Crippen LogP) is 4.25. The number of nitrogens with two attached hydrogens (primary N) is 1. The Morgan fingerprint density at radius 3 is 2.75 bits per heavy atom. The molecule has 0 saturated heterocycles. The number of nitrogens with one attached hydrogen (secondary N) is 1. The molecule has 4 aromatic rings. The first kappa shape index (κ1) is 14.8. The summed E-state index contributed by atoms with van der Waals surface area (Å²) in [5, 5.41) is 6.09. The number of fused-ring (bicyclic) bond motifs is 1. The highest BCUT2D eigenvalue weighted by Gasteiger charge is 2.18. The molecule has 0 aliphatic rings. The molecule has 0 fully saturated rings. The molecule has 3 heterocycles. The maximum Gasteiger partial charge on any atom is 0.269 e. The minimum atomic E-state index is -0.260. The summed E-state index contributed by atoms with van der Waals surface area (Å²) in [5.41, 5.74) is 8.39. The Morgan fingerprint density at radius 2 is 1.96 bits per heavy atom. The second-order valence-corrected chi connectivity index (χ2v) is 6.92. The summed E-state index contributed by atoms with van der Waals surface area (Å²) in [6.07, 6.45) is 1.69. The highest BCUT2D eigenvalue weighted by atomic mass is 32.1. The first-order valence-electron chi connectivity index (χ1n) is 7.17. The largest absolute Gasteiger partial charge is 0.397 e. The van der Waals surface area contributed by atoms with E-state index in [0.29, 0.717) is 15.7 Å². The van der Waals surface area contributed by atoms with Crippen molar-refractivity contribution in [3.8, 4) is 11.3 Å². The van der Waals surface area contributed by atoms with Gasteiger partial charge in [0.25, 0.3) is 5.91 Å². The highest BCUT2D eigenvalue weighted by Crippen LogP contribution is 2.33. The molecule has 0 saturated carbocycles. The number of pyridine rings is 1. The van der Waals surface area contributed by atoms with E-state index in [1.54, 1.807) is 12.3 Å². The average Bonchev–Trinajstić information content (AvgIpc) is 3.21. The van der Waals surface area contributed by atoms with Crippen LogP contribution >= 0.6 is 22.7 Å². The second kappa shape index (κ2) is 6.03. The molecule has 1 amide bonds. The van der Waals surface area contributed by atoms with Crippen LogP contribution in [0.25, 0.3) is 21.5 Å². The molecule has 0 aliphatic carbocycles. The topological polar surface area (TPSA) is 80.9 Å². The molecule has 7 heteroatoms. The Labute approximate surface area is 145 Å². The van der Waals surface area contributed by atoms with E-state index in [2.05, 4.69) is 15.3 Å². The van der Waals surface area contributed by atoms with E-state index in [9.17, 15) is 4.79 Å².